The molecule has 132 valence electrons. The van der Waals surface area contributed by atoms with Crippen molar-refractivity contribution in [1.29, 1.82) is 0 Å². The lowest BCUT2D eigenvalue weighted by Gasteiger charge is -2.39. The van der Waals surface area contributed by atoms with Gasteiger partial charge in [0.1, 0.15) is 0 Å². The summed E-state index contributed by atoms with van der Waals surface area (Å²) >= 11 is 0. The maximum Gasteiger partial charge on any atom is 0.225 e. The average Bonchev–Trinajstić information content (AvgIpc) is 2.62. The van der Waals surface area contributed by atoms with Crippen molar-refractivity contribution < 1.29 is 9.90 Å². The van der Waals surface area contributed by atoms with Crippen LogP contribution in [0.3, 0.4) is 0 Å². The Kier molecular flexibility index (Phi) is 5.90. The zero-order valence-electron chi connectivity index (χ0n) is 14.7. The predicted molar refractivity (Wildman–Crippen MR) is 95.5 cm³/mol. The van der Waals surface area contributed by atoms with Crippen LogP contribution in [0.25, 0.3) is 0 Å². The van der Waals surface area contributed by atoms with Crippen molar-refractivity contribution in [2.45, 2.75) is 57.2 Å². The lowest BCUT2D eigenvalue weighted by molar-refractivity contribution is -0.141. The zero-order valence-corrected chi connectivity index (χ0v) is 14.7. The van der Waals surface area contributed by atoms with Gasteiger partial charge in [-0.05, 0) is 44.3 Å². The number of nitrogens with zero attached hydrogens (tertiary/aromatic N) is 2. The molecule has 0 spiro atoms. The molecule has 1 aliphatic carbocycles. The summed E-state index contributed by atoms with van der Waals surface area (Å²) in [7, 11) is 1.89. The molecule has 3 rings (SSSR count). The number of likely N-dealkylation sites (N-methyl/N-ethyl adjacent to an activating group) is 1. The number of hydrogen-bond donors (Lipinski definition) is 1. The van der Waals surface area contributed by atoms with Crippen LogP contribution in [0.5, 0.6) is 0 Å². The predicted octanol–water partition coefficient (Wildman–Crippen LogP) is 2.66. The van der Waals surface area contributed by atoms with Gasteiger partial charge in [0.15, 0.2) is 0 Å². The van der Waals surface area contributed by atoms with E-state index in [4.69, 9.17) is 0 Å². The molecule has 2 fully saturated rings. The number of carbonyl (C=O) groups is 1. The van der Waals surface area contributed by atoms with Crippen LogP contribution >= 0.6 is 0 Å². The van der Waals surface area contributed by atoms with Crippen LogP contribution in [-0.2, 0) is 11.3 Å². The van der Waals surface area contributed by atoms with Crippen molar-refractivity contribution in [3.63, 3.8) is 0 Å². The molecule has 0 radical (unpaired) electrons. The van der Waals surface area contributed by atoms with Crippen molar-refractivity contribution in [3.8, 4) is 0 Å². The summed E-state index contributed by atoms with van der Waals surface area (Å²) in [5.41, 5.74) is 1.34. The Morgan fingerprint density at radius 2 is 1.79 bits per heavy atom. The lowest BCUT2D eigenvalue weighted by atomic mass is 9.89. The topological polar surface area (TPSA) is 43.8 Å². The zero-order chi connectivity index (χ0) is 16.9. The van der Waals surface area contributed by atoms with Crippen molar-refractivity contribution in [2.24, 2.45) is 5.92 Å². The van der Waals surface area contributed by atoms with Gasteiger partial charge in [0.2, 0.25) is 5.91 Å². The number of aliphatic hydroxyl groups excluding tert-OH is 1. The molecule has 1 N–H and O–H groups in total. The van der Waals surface area contributed by atoms with Crippen LogP contribution in [0.1, 0.15) is 44.1 Å². The van der Waals surface area contributed by atoms with Gasteiger partial charge in [-0.1, -0.05) is 43.2 Å². The largest absolute Gasteiger partial charge is 0.391 e. The van der Waals surface area contributed by atoms with Crippen molar-refractivity contribution in [3.05, 3.63) is 35.9 Å². The van der Waals surface area contributed by atoms with E-state index in [9.17, 15) is 9.90 Å². The molecule has 2 aliphatic rings. The minimum absolute atomic E-state index is 0.0219. The number of rotatable bonds is 4. The summed E-state index contributed by atoms with van der Waals surface area (Å²) in [4.78, 5) is 17.1. The van der Waals surface area contributed by atoms with E-state index in [2.05, 4.69) is 29.2 Å². The van der Waals surface area contributed by atoms with Gasteiger partial charge >= 0.3 is 0 Å². The highest BCUT2D eigenvalue weighted by molar-refractivity contribution is 5.79. The highest BCUT2D eigenvalue weighted by atomic mass is 16.3. The molecule has 2 atom stereocenters. The number of likely N-dealkylation sites (tertiary alicyclic amines) is 1. The summed E-state index contributed by atoms with van der Waals surface area (Å²) in [6.45, 7) is 2.93. The van der Waals surface area contributed by atoms with Crippen LogP contribution in [0.4, 0.5) is 0 Å². The first-order valence-corrected chi connectivity index (χ1v) is 9.36. The first kappa shape index (κ1) is 17.4. The second-order valence-electron chi connectivity index (χ2n) is 7.40. The van der Waals surface area contributed by atoms with Crippen molar-refractivity contribution in [2.75, 3.05) is 20.1 Å². The van der Waals surface area contributed by atoms with Gasteiger partial charge in [-0.15, -0.1) is 0 Å². The molecule has 4 nitrogen and oxygen atoms in total. The summed E-state index contributed by atoms with van der Waals surface area (Å²) in [6.07, 6.45) is 5.49. The molecule has 1 aliphatic heterocycles. The number of piperidine rings is 1. The quantitative estimate of drug-likeness (QED) is 0.923. The molecule has 1 heterocycles. The average molecular weight is 330 g/mol. The number of aliphatic hydroxyl groups is 1. The maximum atomic E-state index is 12.8. The highest BCUT2D eigenvalue weighted by Crippen LogP contribution is 2.26. The fraction of sp³-hybridized carbons (Fsp3) is 0.650. The molecule has 1 saturated carbocycles. The fourth-order valence-electron chi connectivity index (χ4n) is 4.17. The highest BCUT2D eigenvalue weighted by Gasteiger charge is 2.34. The van der Waals surface area contributed by atoms with Gasteiger partial charge in [-0.2, -0.15) is 0 Å². The second-order valence-corrected chi connectivity index (χ2v) is 7.40. The Hall–Kier alpha value is -1.39. The molecular formula is C20H30N2O2. The van der Waals surface area contributed by atoms with E-state index in [1.54, 1.807) is 0 Å². The van der Waals surface area contributed by atoms with Gasteiger partial charge in [-0.3, -0.25) is 9.69 Å². The summed E-state index contributed by atoms with van der Waals surface area (Å²) in [5, 5.41) is 10.2. The number of carbonyl (C=O) groups excluding carboxylic acids is 1. The number of benzene rings is 1. The third-order valence-corrected chi connectivity index (χ3v) is 5.72. The standard InChI is InChI=1S/C20H30N2O2/c1-21(18-9-5-6-10-19(18)23)20(24)17-11-13-22(14-12-17)15-16-7-3-2-4-8-16/h2-4,7-8,17-19,23H,5-6,9-15H2,1H3/t18-,19-/m1/s1. The Morgan fingerprint density at radius 1 is 1.12 bits per heavy atom. The minimum atomic E-state index is -0.342. The third-order valence-electron chi connectivity index (χ3n) is 5.72. The van der Waals surface area contributed by atoms with E-state index >= 15 is 0 Å². The van der Waals surface area contributed by atoms with E-state index in [1.807, 2.05) is 18.0 Å². The second kappa shape index (κ2) is 8.13. The Balaban J connectivity index is 1.49. The summed E-state index contributed by atoms with van der Waals surface area (Å²) < 4.78 is 0. The van der Waals surface area contributed by atoms with Gasteiger partial charge in [0.25, 0.3) is 0 Å². The van der Waals surface area contributed by atoms with Crippen LogP contribution in [0.2, 0.25) is 0 Å². The van der Waals surface area contributed by atoms with Crippen molar-refractivity contribution in [1.82, 2.24) is 9.80 Å². The fourth-order valence-corrected chi connectivity index (χ4v) is 4.17. The molecule has 1 saturated heterocycles. The van der Waals surface area contributed by atoms with Crippen LogP contribution in [0.15, 0.2) is 30.3 Å². The van der Waals surface area contributed by atoms with Crippen LogP contribution in [0, 0.1) is 5.92 Å². The Labute approximate surface area is 145 Å². The molecule has 0 unspecified atom stereocenters. The first-order valence-electron chi connectivity index (χ1n) is 9.36. The number of hydrogen-bond acceptors (Lipinski definition) is 3. The number of amides is 1. The van der Waals surface area contributed by atoms with Gasteiger partial charge in [0, 0.05) is 19.5 Å². The molecule has 1 aromatic rings. The summed E-state index contributed by atoms with van der Waals surface area (Å²) in [6, 6.07) is 10.6. The molecule has 4 heteroatoms. The Bertz CT molecular complexity index is 526. The molecule has 0 bridgehead atoms. The third kappa shape index (κ3) is 4.17. The minimum Gasteiger partial charge on any atom is -0.391 e. The molecule has 1 amide bonds. The first-order chi connectivity index (χ1) is 11.6. The normalized spacial score (nSPS) is 26.2. The summed E-state index contributed by atoms with van der Waals surface area (Å²) in [5.74, 6) is 0.358. The van der Waals surface area contributed by atoms with E-state index in [0.29, 0.717) is 0 Å². The van der Waals surface area contributed by atoms with Gasteiger partial charge in [0.05, 0.1) is 12.1 Å². The van der Waals surface area contributed by atoms with Gasteiger partial charge in [-0.25, -0.2) is 0 Å². The SMILES string of the molecule is CN(C(=O)C1CCN(Cc2ccccc2)CC1)[C@@H]1CCCC[C@H]1O. The Morgan fingerprint density at radius 3 is 2.46 bits per heavy atom. The van der Waals surface area contributed by atoms with E-state index in [0.717, 1.165) is 58.2 Å². The van der Waals surface area contributed by atoms with E-state index < -0.39 is 0 Å². The molecule has 0 aromatic heterocycles. The maximum absolute atomic E-state index is 12.8. The van der Waals surface area contributed by atoms with Crippen molar-refractivity contribution >= 4 is 5.91 Å². The van der Waals surface area contributed by atoms with E-state index in [1.165, 1.54) is 5.56 Å². The molecule has 24 heavy (non-hydrogen) atoms. The van der Waals surface area contributed by atoms with Crippen LogP contribution < -0.4 is 0 Å². The van der Waals surface area contributed by atoms with Gasteiger partial charge < -0.3 is 10.0 Å². The lowest BCUT2D eigenvalue weighted by Crippen LogP contribution is -2.49. The molecule has 1 aromatic carbocycles. The van der Waals surface area contributed by atoms with Crippen LogP contribution in [-0.4, -0.2) is 53.1 Å². The molecular weight excluding hydrogens is 300 g/mol. The van der Waals surface area contributed by atoms with E-state index in [-0.39, 0.29) is 24.0 Å². The monoisotopic (exact) mass is 330 g/mol. The smallest absolute Gasteiger partial charge is 0.225 e.